The Morgan fingerprint density at radius 2 is 1.88 bits per heavy atom. The lowest BCUT2D eigenvalue weighted by Crippen LogP contribution is -2.37. The van der Waals surface area contributed by atoms with E-state index in [2.05, 4.69) is 29.2 Å². The van der Waals surface area contributed by atoms with E-state index in [1.807, 2.05) is 0 Å². The fraction of sp³-hybridized carbons (Fsp3) is 0.571. The summed E-state index contributed by atoms with van der Waals surface area (Å²) >= 11 is 0. The molecule has 0 aromatic heterocycles. The number of anilines is 1. The second-order valence-electron chi connectivity index (χ2n) is 5.27. The minimum atomic E-state index is 0.0857. The van der Waals surface area contributed by atoms with Gasteiger partial charge in [-0.25, -0.2) is 0 Å². The Kier molecular flexibility index (Phi) is 2.81. The van der Waals surface area contributed by atoms with Gasteiger partial charge >= 0.3 is 0 Å². The highest BCUT2D eigenvalue weighted by Gasteiger charge is 2.38. The zero-order valence-electron chi connectivity index (χ0n) is 10.2. The maximum absolute atomic E-state index is 6.23. The molecule has 1 saturated heterocycles. The number of morpholine rings is 1. The van der Waals surface area contributed by atoms with Crippen molar-refractivity contribution in [1.82, 2.24) is 0 Å². The molecule has 0 spiro atoms. The van der Waals surface area contributed by atoms with Crippen LogP contribution in [0.2, 0.25) is 0 Å². The van der Waals surface area contributed by atoms with Gasteiger partial charge in [-0.3, -0.25) is 0 Å². The van der Waals surface area contributed by atoms with E-state index < -0.39 is 0 Å². The third-order valence-electron chi connectivity index (χ3n) is 3.78. The van der Waals surface area contributed by atoms with Crippen LogP contribution < -0.4 is 10.6 Å². The second-order valence-corrected chi connectivity index (χ2v) is 5.27. The van der Waals surface area contributed by atoms with Gasteiger partial charge in [0, 0.05) is 24.3 Å². The summed E-state index contributed by atoms with van der Waals surface area (Å²) in [6, 6.07) is 8.67. The summed E-state index contributed by atoms with van der Waals surface area (Å²) in [5, 5.41) is 0. The summed E-state index contributed by atoms with van der Waals surface area (Å²) in [5.74, 6) is 0. The fourth-order valence-corrected chi connectivity index (χ4v) is 2.49. The van der Waals surface area contributed by atoms with E-state index in [0.717, 1.165) is 32.7 Å². The second kappa shape index (κ2) is 4.31. The SMILES string of the molecule is NC1(Cc2ccccc2N2CCOCC2)CC1. The van der Waals surface area contributed by atoms with Gasteiger partial charge in [0.1, 0.15) is 0 Å². The Labute approximate surface area is 103 Å². The van der Waals surface area contributed by atoms with E-state index in [-0.39, 0.29) is 5.54 Å². The Bertz CT molecular complexity index is 395. The van der Waals surface area contributed by atoms with E-state index in [9.17, 15) is 0 Å². The first-order valence-corrected chi connectivity index (χ1v) is 6.46. The Morgan fingerprint density at radius 1 is 1.18 bits per heavy atom. The predicted octanol–water partition coefficient (Wildman–Crippen LogP) is 1.56. The van der Waals surface area contributed by atoms with Crippen molar-refractivity contribution in [3.63, 3.8) is 0 Å². The number of nitrogens with two attached hydrogens (primary N) is 1. The zero-order chi connectivity index (χ0) is 11.7. The molecule has 1 aromatic rings. The monoisotopic (exact) mass is 232 g/mol. The highest BCUT2D eigenvalue weighted by atomic mass is 16.5. The molecule has 1 saturated carbocycles. The molecule has 1 heterocycles. The average molecular weight is 232 g/mol. The van der Waals surface area contributed by atoms with Gasteiger partial charge in [-0.15, -0.1) is 0 Å². The largest absolute Gasteiger partial charge is 0.378 e. The molecule has 92 valence electrons. The van der Waals surface area contributed by atoms with E-state index in [1.165, 1.54) is 24.1 Å². The van der Waals surface area contributed by atoms with Crippen molar-refractivity contribution in [2.45, 2.75) is 24.8 Å². The molecule has 0 amide bonds. The maximum atomic E-state index is 6.23. The number of para-hydroxylation sites is 1. The van der Waals surface area contributed by atoms with Gasteiger partial charge in [0.2, 0.25) is 0 Å². The van der Waals surface area contributed by atoms with Crippen LogP contribution in [-0.4, -0.2) is 31.8 Å². The van der Waals surface area contributed by atoms with Crippen molar-refractivity contribution < 1.29 is 4.74 Å². The molecule has 0 unspecified atom stereocenters. The van der Waals surface area contributed by atoms with Gasteiger partial charge in [0.25, 0.3) is 0 Å². The minimum absolute atomic E-state index is 0.0857. The summed E-state index contributed by atoms with van der Waals surface area (Å²) in [6.45, 7) is 3.66. The first-order valence-electron chi connectivity index (χ1n) is 6.46. The molecule has 2 N–H and O–H groups in total. The van der Waals surface area contributed by atoms with Crippen LogP contribution in [0, 0.1) is 0 Å². The maximum Gasteiger partial charge on any atom is 0.0642 e. The van der Waals surface area contributed by atoms with E-state index in [4.69, 9.17) is 10.5 Å². The van der Waals surface area contributed by atoms with Gasteiger partial charge in [-0.05, 0) is 30.9 Å². The van der Waals surface area contributed by atoms with Crippen molar-refractivity contribution in [2.75, 3.05) is 31.2 Å². The van der Waals surface area contributed by atoms with Crippen molar-refractivity contribution >= 4 is 5.69 Å². The normalized spacial score (nSPS) is 22.5. The molecule has 3 nitrogen and oxygen atoms in total. The lowest BCUT2D eigenvalue weighted by molar-refractivity contribution is 0.122. The van der Waals surface area contributed by atoms with Gasteiger partial charge in [0.05, 0.1) is 13.2 Å². The van der Waals surface area contributed by atoms with Crippen LogP contribution >= 0.6 is 0 Å². The Morgan fingerprint density at radius 3 is 2.59 bits per heavy atom. The summed E-state index contributed by atoms with van der Waals surface area (Å²) < 4.78 is 5.41. The van der Waals surface area contributed by atoms with Crippen LogP contribution in [0.1, 0.15) is 18.4 Å². The van der Waals surface area contributed by atoms with E-state index in [0.29, 0.717) is 0 Å². The smallest absolute Gasteiger partial charge is 0.0642 e. The number of nitrogens with zero attached hydrogens (tertiary/aromatic N) is 1. The summed E-state index contributed by atoms with van der Waals surface area (Å²) in [4.78, 5) is 2.42. The van der Waals surface area contributed by atoms with E-state index >= 15 is 0 Å². The molecule has 0 atom stereocenters. The summed E-state index contributed by atoms with van der Waals surface area (Å²) in [7, 11) is 0. The lowest BCUT2D eigenvalue weighted by Gasteiger charge is -2.31. The molecule has 0 bridgehead atoms. The van der Waals surface area contributed by atoms with Crippen LogP contribution in [0.25, 0.3) is 0 Å². The van der Waals surface area contributed by atoms with Crippen LogP contribution in [0.4, 0.5) is 5.69 Å². The summed E-state index contributed by atoms with van der Waals surface area (Å²) in [6.07, 6.45) is 3.36. The molecule has 0 radical (unpaired) electrons. The molecular formula is C14H20N2O. The molecular weight excluding hydrogens is 212 g/mol. The fourth-order valence-electron chi connectivity index (χ4n) is 2.49. The quantitative estimate of drug-likeness (QED) is 0.859. The summed E-state index contributed by atoms with van der Waals surface area (Å²) in [5.41, 5.74) is 9.07. The van der Waals surface area contributed by atoms with Gasteiger partial charge in [-0.1, -0.05) is 18.2 Å². The molecule has 1 aliphatic heterocycles. The number of rotatable bonds is 3. The molecule has 3 heteroatoms. The van der Waals surface area contributed by atoms with Gasteiger partial charge in [0.15, 0.2) is 0 Å². The average Bonchev–Trinajstić information content (AvgIpc) is 3.09. The molecule has 3 rings (SSSR count). The van der Waals surface area contributed by atoms with Crippen LogP contribution in [0.3, 0.4) is 0 Å². The number of hydrogen-bond acceptors (Lipinski definition) is 3. The molecule has 17 heavy (non-hydrogen) atoms. The van der Waals surface area contributed by atoms with Crippen molar-refractivity contribution in [3.8, 4) is 0 Å². The highest BCUT2D eigenvalue weighted by molar-refractivity contribution is 5.54. The van der Waals surface area contributed by atoms with Crippen molar-refractivity contribution in [3.05, 3.63) is 29.8 Å². The molecule has 2 aliphatic rings. The highest BCUT2D eigenvalue weighted by Crippen LogP contribution is 2.37. The minimum Gasteiger partial charge on any atom is -0.378 e. The van der Waals surface area contributed by atoms with Crippen LogP contribution in [0.15, 0.2) is 24.3 Å². The third-order valence-corrected chi connectivity index (χ3v) is 3.78. The zero-order valence-corrected chi connectivity index (χ0v) is 10.2. The van der Waals surface area contributed by atoms with Crippen molar-refractivity contribution in [2.24, 2.45) is 5.73 Å². The number of ether oxygens (including phenoxy) is 1. The lowest BCUT2D eigenvalue weighted by atomic mass is 10.0. The van der Waals surface area contributed by atoms with E-state index in [1.54, 1.807) is 0 Å². The van der Waals surface area contributed by atoms with Crippen LogP contribution in [0.5, 0.6) is 0 Å². The van der Waals surface area contributed by atoms with Gasteiger partial charge in [-0.2, -0.15) is 0 Å². The number of hydrogen-bond donors (Lipinski definition) is 1. The molecule has 2 fully saturated rings. The topological polar surface area (TPSA) is 38.5 Å². The first kappa shape index (κ1) is 11.1. The van der Waals surface area contributed by atoms with Crippen molar-refractivity contribution in [1.29, 1.82) is 0 Å². The van der Waals surface area contributed by atoms with Crippen LogP contribution in [-0.2, 0) is 11.2 Å². The Hall–Kier alpha value is -1.06. The molecule has 1 aromatic carbocycles. The predicted molar refractivity (Wildman–Crippen MR) is 69.3 cm³/mol. The van der Waals surface area contributed by atoms with Gasteiger partial charge < -0.3 is 15.4 Å². The number of benzene rings is 1. The Balaban J connectivity index is 1.81. The first-order chi connectivity index (χ1) is 8.27. The standard InChI is InChI=1S/C14H20N2O/c15-14(5-6-14)11-12-3-1-2-4-13(12)16-7-9-17-10-8-16/h1-4H,5-11,15H2. The third kappa shape index (κ3) is 2.45. The molecule has 1 aliphatic carbocycles.